The van der Waals surface area contributed by atoms with Gasteiger partial charge in [-0.1, -0.05) is 23.8 Å². The van der Waals surface area contributed by atoms with Gasteiger partial charge in [-0.3, -0.25) is 4.79 Å². The highest BCUT2D eigenvalue weighted by atomic mass is 16.5. The predicted octanol–water partition coefficient (Wildman–Crippen LogP) is 4.12. The van der Waals surface area contributed by atoms with Crippen molar-refractivity contribution in [1.29, 1.82) is 0 Å². The number of nitrogens with one attached hydrogen (secondary N) is 1. The van der Waals surface area contributed by atoms with Crippen molar-refractivity contribution in [3.05, 3.63) is 64.2 Å². The van der Waals surface area contributed by atoms with Crippen molar-refractivity contribution in [2.24, 2.45) is 0 Å². The lowest BCUT2D eigenvalue weighted by Gasteiger charge is -2.16. The van der Waals surface area contributed by atoms with Crippen molar-refractivity contribution in [2.75, 3.05) is 6.61 Å². The predicted molar refractivity (Wildman–Crippen MR) is 94.3 cm³/mol. The van der Waals surface area contributed by atoms with Crippen LogP contribution >= 0.6 is 0 Å². The van der Waals surface area contributed by atoms with E-state index in [4.69, 9.17) is 4.74 Å². The van der Waals surface area contributed by atoms with Gasteiger partial charge in [0.25, 0.3) is 5.91 Å². The molecule has 0 saturated heterocycles. The van der Waals surface area contributed by atoms with Crippen molar-refractivity contribution in [2.45, 2.75) is 40.7 Å². The van der Waals surface area contributed by atoms with E-state index in [0.717, 1.165) is 16.9 Å². The van der Waals surface area contributed by atoms with Crippen LogP contribution in [0.5, 0.6) is 5.75 Å². The molecule has 2 rings (SSSR count). The molecule has 0 aliphatic rings. The van der Waals surface area contributed by atoms with Crippen molar-refractivity contribution in [3.63, 3.8) is 0 Å². The van der Waals surface area contributed by atoms with E-state index in [1.54, 1.807) is 0 Å². The molecule has 3 heteroatoms. The summed E-state index contributed by atoms with van der Waals surface area (Å²) in [7, 11) is 0. The average Bonchev–Trinajstić information content (AvgIpc) is 2.48. The number of hydrogen-bond donors (Lipinski definition) is 1. The number of benzene rings is 2. The van der Waals surface area contributed by atoms with Crippen molar-refractivity contribution < 1.29 is 9.53 Å². The Hall–Kier alpha value is -2.29. The van der Waals surface area contributed by atoms with Gasteiger partial charge >= 0.3 is 0 Å². The SMILES string of the molecule is Cc1ccc(C(=O)N[C@H](C)COc2ccc(C)c(C)c2)c(C)c1. The second-order valence-corrected chi connectivity index (χ2v) is 6.25. The molecule has 1 atom stereocenters. The summed E-state index contributed by atoms with van der Waals surface area (Å²) in [5.74, 6) is 0.777. The zero-order chi connectivity index (χ0) is 17.0. The third-order valence-corrected chi connectivity index (χ3v) is 3.98. The van der Waals surface area contributed by atoms with E-state index in [1.165, 1.54) is 11.1 Å². The van der Waals surface area contributed by atoms with Gasteiger partial charge in [0.15, 0.2) is 0 Å². The summed E-state index contributed by atoms with van der Waals surface area (Å²) in [6, 6.07) is 11.8. The number of carbonyl (C=O) groups excluding carboxylic acids is 1. The molecule has 0 saturated carbocycles. The Bertz CT molecular complexity index is 707. The van der Waals surface area contributed by atoms with Gasteiger partial charge in [0.05, 0.1) is 6.04 Å². The molecular formula is C20H25NO2. The van der Waals surface area contributed by atoms with Gasteiger partial charge in [0.1, 0.15) is 12.4 Å². The first kappa shape index (κ1) is 17.1. The van der Waals surface area contributed by atoms with E-state index in [-0.39, 0.29) is 11.9 Å². The smallest absolute Gasteiger partial charge is 0.251 e. The Morgan fingerprint density at radius 1 is 1.00 bits per heavy atom. The van der Waals surface area contributed by atoms with Crippen LogP contribution in [0.3, 0.4) is 0 Å². The van der Waals surface area contributed by atoms with Crippen molar-refractivity contribution >= 4 is 5.91 Å². The molecule has 2 aromatic carbocycles. The third-order valence-electron chi connectivity index (χ3n) is 3.98. The van der Waals surface area contributed by atoms with Crippen molar-refractivity contribution in [1.82, 2.24) is 5.32 Å². The van der Waals surface area contributed by atoms with Gasteiger partial charge in [-0.15, -0.1) is 0 Å². The van der Waals surface area contributed by atoms with Gasteiger partial charge in [0, 0.05) is 5.56 Å². The molecule has 0 unspecified atom stereocenters. The molecule has 0 heterocycles. The minimum absolute atomic E-state index is 0.0568. The van der Waals surface area contributed by atoms with Crippen LogP contribution in [0.1, 0.15) is 39.5 Å². The fourth-order valence-electron chi connectivity index (χ4n) is 2.44. The van der Waals surface area contributed by atoms with Crippen LogP contribution in [0.15, 0.2) is 36.4 Å². The Labute approximate surface area is 138 Å². The van der Waals surface area contributed by atoms with E-state index in [0.29, 0.717) is 12.2 Å². The lowest BCUT2D eigenvalue weighted by atomic mass is 10.1. The first-order valence-electron chi connectivity index (χ1n) is 7.95. The maximum Gasteiger partial charge on any atom is 0.251 e. The number of amides is 1. The molecule has 23 heavy (non-hydrogen) atoms. The molecule has 3 nitrogen and oxygen atoms in total. The molecule has 0 radical (unpaired) electrons. The molecule has 0 fully saturated rings. The molecule has 122 valence electrons. The number of rotatable bonds is 5. The zero-order valence-corrected chi connectivity index (χ0v) is 14.6. The normalized spacial score (nSPS) is 11.9. The molecule has 1 N–H and O–H groups in total. The molecule has 2 aromatic rings. The summed E-state index contributed by atoms with van der Waals surface area (Å²) in [5.41, 5.74) is 5.31. The summed E-state index contributed by atoms with van der Waals surface area (Å²) in [6.07, 6.45) is 0. The maximum absolute atomic E-state index is 12.3. The number of carbonyl (C=O) groups is 1. The standard InChI is InChI=1S/C20H25NO2/c1-13-6-9-19(16(4)10-13)20(22)21-17(5)12-23-18-8-7-14(2)15(3)11-18/h6-11,17H,12H2,1-5H3,(H,21,22)/t17-/m1/s1. The molecular weight excluding hydrogens is 286 g/mol. The summed E-state index contributed by atoms with van der Waals surface area (Å²) in [4.78, 5) is 12.3. The van der Waals surface area contributed by atoms with E-state index >= 15 is 0 Å². The first-order chi connectivity index (χ1) is 10.9. The van der Waals surface area contributed by atoms with Crippen LogP contribution in [0, 0.1) is 27.7 Å². The van der Waals surface area contributed by atoms with E-state index < -0.39 is 0 Å². The van der Waals surface area contributed by atoms with E-state index in [9.17, 15) is 4.79 Å². The van der Waals surface area contributed by atoms with Crippen LogP contribution in [-0.4, -0.2) is 18.6 Å². The summed E-state index contributed by atoms with van der Waals surface area (Å²) in [5, 5.41) is 2.99. The fraction of sp³-hybridized carbons (Fsp3) is 0.350. The Kier molecular flexibility index (Phi) is 5.43. The topological polar surface area (TPSA) is 38.3 Å². The Morgan fingerprint density at radius 2 is 1.74 bits per heavy atom. The van der Waals surface area contributed by atoms with Crippen LogP contribution in [0.4, 0.5) is 0 Å². The third kappa shape index (κ3) is 4.59. The lowest BCUT2D eigenvalue weighted by molar-refractivity contribution is 0.0926. The van der Waals surface area contributed by atoms with Gasteiger partial charge < -0.3 is 10.1 Å². The largest absolute Gasteiger partial charge is 0.491 e. The highest BCUT2D eigenvalue weighted by Gasteiger charge is 2.12. The number of aryl methyl sites for hydroxylation is 4. The summed E-state index contributed by atoms with van der Waals surface area (Å²) in [6.45, 7) is 10.5. The zero-order valence-electron chi connectivity index (χ0n) is 14.6. The maximum atomic E-state index is 12.3. The Morgan fingerprint density at radius 3 is 2.39 bits per heavy atom. The number of ether oxygens (including phenoxy) is 1. The fourth-order valence-corrected chi connectivity index (χ4v) is 2.44. The highest BCUT2D eigenvalue weighted by molar-refractivity contribution is 5.95. The summed E-state index contributed by atoms with van der Waals surface area (Å²) >= 11 is 0. The molecule has 0 bridgehead atoms. The average molecular weight is 311 g/mol. The minimum atomic E-state index is -0.0650. The second kappa shape index (κ2) is 7.32. The molecule has 1 amide bonds. The minimum Gasteiger partial charge on any atom is -0.491 e. The van der Waals surface area contributed by atoms with Crippen LogP contribution in [-0.2, 0) is 0 Å². The Balaban J connectivity index is 1.92. The quantitative estimate of drug-likeness (QED) is 0.902. The molecule has 0 aromatic heterocycles. The van der Waals surface area contributed by atoms with Gasteiger partial charge in [-0.25, -0.2) is 0 Å². The van der Waals surface area contributed by atoms with Crippen LogP contribution in [0.2, 0.25) is 0 Å². The van der Waals surface area contributed by atoms with Crippen LogP contribution in [0.25, 0.3) is 0 Å². The first-order valence-corrected chi connectivity index (χ1v) is 7.95. The highest BCUT2D eigenvalue weighted by Crippen LogP contribution is 2.16. The van der Waals surface area contributed by atoms with Gasteiger partial charge in [-0.2, -0.15) is 0 Å². The van der Waals surface area contributed by atoms with E-state index in [1.807, 2.05) is 57.2 Å². The van der Waals surface area contributed by atoms with Gasteiger partial charge in [0.2, 0.25) is 0 Å². The van der Waals surface area contributed by atoms with Gasteiger partial charge in [-0.05, 0) is 69.5 Å². The lowest BCUT2D eigenvalue weighted by Crippen LogP contribution is -2.37. The number of hydrogen-bond acceptors (Lipinski definition) is 2. The second-order valence-electron chi connectivity index (χ2n) is 6.25. The summed E-state index contributed by atoms with van der Waals surface area (Å²) < 4.78 is 5.78. The van der Waals surface area contributed by atoms with E-state index in [2.05, 4.69) is 19.2 Å². The monoisotopic (exact) mass is 311 g/mol. The van der Waals surface area contributed by atoms with Crippen molar-refractivity contribution in [3.8, 4) is 5.75 Å². The van der Waals surface area contributed by atoms with Crippen LogP contribution < -0.4 is 10.1 Å². The molecule has 0 spiro atoms. The molecule has 0 aliphatic heterocycles. The molecule has 0 aliphatic carbocycles.